The van der Waals surface area contributed by atoms with Gasteiger partial charge in [-0.3, -0.25) is 19.3 Å². The van der Waals surface area contributed by atoms with Gasteiger partial charge in [0.05, 0.1) is 6.42 Å². The van der Waals surface area contributed by atoms with Crippen LogP contribution in [-0.2, 0) is 14.4 Å². The molecule has 1 aliphatic heterocycles. The molecule has 0 saturated heterocycles. The summed E-state index contributed by atoms with van der Waals surface area (Å²) in [6.07, 6.45) is 3.86. The van der Waals surface area contributed by atoms with Gasteiger partial charge in [0.1, 0.15) is 0 Å². The average Bonchev–Trinajstić information content (AvgIpc) is 2.40. The predicted octanol–water partition coefficient (Wildman–Crippen LogP) is 0.947. The maximum absolute atomic E-state index is 11.7. The van der Waals surface area contributed by atoms with Gasteiger partial charge in [-0.05, 0) is 25.2 Å². The average molecular weight is 237 g/mol. The summed E-state index contributed by atoms with van der Waals surface area (Å²) >= 11 is 0. The SMILES string of the molecule is CC1=CC(=O)N(CC2(CC(=O)O)CCC2)C1=O. The van der Waals surface area contributed by atoms with Crippen LogP contribution in [0.15, 0.2) is 11.6 Å². The fourth-order valence-electron chi connectivity index (χ4n) is 2.51. The van der Waals surface area contributed by atoms with E-state index >= 15 is 0 Å². The third kappa shape index (κ3) is 2.09. The van der Waals surface area contributed by atoms with E-state index in [0.29, 0.717) is 5.57 Å². The monoisotopic (exact) mass is 237 g/mol. The van der Waals surface area contributed by atoms with Crippen LogP contribution in [0.1, 0.15) is 32.6 Å². The number of hydrogen-bond acceptors (Lipinski definition) is 3. The molecule has 0 aromatic rings. The number of aliphatic carboxylic acids is 1. The third-order valence-electron chi connectivity index (χ3n) is 3.62. The summed E-state index contributed by atoms with van der Waals surface area (Å²) in [4.78, 5) is 35.3. The Kier molecular flexibility index (Phi) is 2.77. The van der Waals surface area contributed by atoms with Gasteiger partial charge < -0.3 is 5.11 Å². The first kappa shape index (κ1) is 11.8. The minimum absolute atomic E-state index is 0.0309. The Balaban J connectivity index is 2.08. The van der Waals surface area contributed by atoms with Crippen molar-refractivity contribution in [2.24, 2.45) is 5.41 Å². The lowest BCUT2D eigenvalue weighted by molar-refractivity contribution is -0.147. The minimum atomic E-state index is -0.867. The Morgan fingerprint density at radius 3 is 2.47 bits per heavy atom. The summed E-state index contributed by atoms with van der Waals surface area (Å²) in [5.74, 6) is -1.47. The summed E-state index contributed by atoms with van der Waals surface area (Å²) in [5, 5.41) is 8.87. The molecule has 0 unspecified atom stereocenters. The number of carbonyl (C=O) groups excluding carboxylic acids is 2. The molecule has 0 radical (unpaired) electrons. The molecule has 1 saturated carbocycles. The molecule has 0 aromatic heterocycles. The third-order valence-corrected chi connectivity index (χ3v) is 3.62. The number of carboxylic acids is 1. The van der Waals surface area contributed by atoms with E-state index in [-0.39, 0.29) is 24.8 Å². The second-order valence-corrected chi connectivity index (χ2v) is 4.98. The summed E-state index contributed by atoms with van der Waals surface area (Å²) in [7, 11) is 0. The Labute approximate surface area is 99.1 Å². The largest absolute Gasteiger partial charge is 0.481 e. The standard InChI is InChI=1S/C12H15NO4/c1-8-5-9(14)13(11(8)17)7-12(3-2-4-12)6-10(15)16/h5H,2-4,6-7H2,1H3,(H,15,16). The topological polar surface area (TPSA) is 74.7 Å². The van der Waals surface area contributed by atoms with E-state index < -0.39 is 11.4 Å². The highest BCUT2D eigenvalue weighted by atomic mass is 16.4. The van der Waals surface area contributed by atoms with Gasteiger partial charge in [-0.15, -0.1) is 0 Å². The molecular weight excluding hydrogens is 222 g/mol. The number of nitrogens with zero attached hydrogens (tertiary/aromatic N) is 1. The summed E-state index contributed by atoms with van der Waals surface area (Å²) in [6.45, 7) is 1.84. The van der Waals surface area contributed by atoms with E-state index in [1.165, 1.54) is 11.0 Å². The van der Waals surface area contributed by atoms with Crippen molar-refractivity contribution >= 4 is 17.8 Å². The van der Waals surface area contributed by atoms with Crippen molar-refractivity contribution in [3.8, 4) is 0 Å². The van der Waals surface area contributed by atoms with Crippen LogP contribution in [0.5, 0.6) is 0 Å². The van der Waals surface area contributed by atoms with E-state index in [1.807, 2.05) is 0 Å². The van der Waals surface area contributed by atoms with Crippen molar-refractivity contribution in [1.29, 1.82) is 0 Å². The van der Waals surface area contributed by atoms with Crippen molar-refractivity contribution in [3.63, 3.8) is 0 Å². The lowest BCUT2D eigenvalue weighted by Gasteiger charge is -2.42. The van der Waals surface area contributed by atoms with E-state index in [0.717, 1.165) is 19.3 Å². The molecule has 2 aliphatic rings. The van der Waals surface area contributed by atoms with Crippen LogP contribution >= 0.6 is 0 Å². The molecule has 1 fully saturated rings. The van der Waals surface area contributed by atoms with Crippen molar-refractivity contribution in [1.82, 2.24) is 4.90 Å². The fraction of sp³-hybridized carbons (Fsp3) is 0.583. The van der Waals surface area contributed by atoms with Crippen molar-refractivity contribution in [2.75, 3.05) is 6.54 Å². The Morgan fingerprint density at radius 2 is 2.12 bits per heavy atom. The first-order chi connectivity index (χ1) is 7.93. The highest BCUT2D eigenvalue weighted by Crippen LogP contribution is 2.45. The van der Waals surface area contributed by atoms with Gasteiger partial charge in [0.2, 0.25) is 0 Å². The smallest absolute Gasteiger partial charge is 0.303 e. The van der Waals surface area contributed by atoms with Gasteiger partial charge in [0.25, 0.3) is 11.8 Å². The molecular formula is C12H15NO4. The molecule has 0 spiro atoms. The van der Waals surface area contributed by atoms with Crippen molar-refractivity contribution in [3.05, 3.63) is 11.6 Å². The normalized spacial score (nSPS) is 22.4. The molecule has 2 amide bonds. The molecule has 92 valence electrons. The van der Waals surface area contributed by atoms with Crippen molar-refractivity contribution < 1.29 is 19.5 Å². The Hall–Kier alpha value is -1.65. The molecule has 0 aromatic carbocycles. The molecule has 5 heteroatoms. The number of rotatable bonds is 4. The van der Waals surface area contributed by atoms with Gasteiger partial charge in [0, 0.05) is 18.2 Å². The van der Waals surface area contributed by atoms with Gasteiger partial charge >= 0.3 is 5.97 Å². The predicted molar refractivity (Wildman–Crippen MR) is 59.0 cm³/mol. The molecule has 5 nitrogen and oxygen atoms in total. The summed E-state index contributed by atoms with van der Waals surface area (Å²) < 4.78 is 0. The zero-order valence-electron chi connectivity index (χ0n) is 9.73. The maximum Gasteiger partial charge on any atom is 0.303 e. The molecule has 0 atom stereocenters. The van der Waals surface area contributed by atoms with E-state index in [2.05, 4.69) is 0 Å². The van der Waals surface area contributed by atoms with E-state index in [4.69, 9.17) is 5.11 Å². The first-order valence-corrected chi connectivity index (χ1v) is 5.69. The molecule has 2 rings (SSSR count). The number of hydrogen-bond donors (Lipinski definition) is 1. The Morgan fingerprint density at radius 1 is 1.47 bits per heavy atom. The van der Waals surface area contributed by atoms with Crippen LogP contribution in [0.25, 0.3) is 0 Å². The minimum Gasteiger partial charge on any atom is -0.481 e. The van der Waals surface area contributed by atoms with Gasteiger partial charge in [0.15, 0.2) is 0 Å². The van der Waals surface area contributed by atoms with E-state index in [1.54, 1.807) is 6.92 Å². The molecule has 17 heavy (non-hydrogen) atoms. The second kappa shape index (κ2) is 3.98. The van der Waals surface area contributed by atoms with Crippen LogP contribution in [-0.4, -0.2) is 34.3 Å². The highest BCUT2D eigenvalue weighted by Gasteiger charge is 2.43. The number of carbonyl (C=O) groups is 3. The lowest BCUT2D eigenvalue weighted by atomic mass is 9.66. The zero-order valence-corrected chi connectivity index (χ0v) is 9.73. The van der Waals surface area contributed by atoms with Crippen LogP contribution in [0.2, 0.25) is 0 Å². The van der Waals surface area contributed by atoms with E-state index in [9.17, 15) is 14.4 Å². The zero-order chi connectivity index (χ0) is 12.6. The fourth-order valence-corrected chi connectivity index (χ4v) is 2.51. The van der Waals surface area contributed by atoms with Crippen LogP contribution in [0.4, 0.5) is 0 Å². The number of amides is 2. The van der Waals surface area contributed by atoms with Crippen LogP contribution in [0.3, 0.4) is 0 Å². The number of imide groups is 1. The van der Waals surface area contributed by atoms with Gasteiger partial charge in [-0.1, -0.05) is 6.42 Å². The summed E-state index contributed by atoms with van der Waals surface area (Å²) in [5.41, 5.74) is 0.0371. The number of carboxylic acid groups (broad SMARTS) is 1. The second-order valence-electron chi connectivity index (χ2n) is 4.98. The molecule has 0 bridgehead atoms. The van der Waals surface area contributed by atoms with Crippen LogP contribution in [0, 0.1) is 5.41 Å². The van der Waals surface area contributed by atoms with Gasteiger partial charge in [-0.25, -0.2) is 0 Å². The highest BCUT2D eigenvalue weighted by molar-refractivity contribution is 6.15. The van der Waals surface area contributed by atoms with Crippen LogP contribution < -0.4 is 0 Å². The summed E-state index contributed by atoms with van der Waals surface area (Å²) in [6, 6.07) is 0. The first-order valence-electron chi connectivity index (χ1n) is 5.69. The molecule has 1 aliphatic carbocycles. The van der Waals surface area contributed by atoms with Crippen molar-refractivity contribution in [2.45, 2.75) is 32.6 Å². The quantitative estimate of drug-likeness (QED) is 0.738. The Bertz CT molecular complexity index is 420. The van der Waals surface area contributed by atoms with Gasteiger partial charge in [-0.2, -0.15) is 0 Å². The molecule has 1 N–H and O–H groups in total. The maximum atomic E-state index is 11.7. The lowest BCUT2D eigenvalue weighted by Crippen LogP contribution is -2.46. The molecule has 1 heterocycles.